The van der Waals surface area contributed by atoms with E-state index in [-0.39, 0.29) is 5.56 Å². The van der Waals surface area contributed by atoms with E-state index in [1.807, 2.05) is 0 Å². The number of hydrogen-bond donors (Lipinski definition) is 1. The molecule has 150 valence electrons. The number of nitrogens with one attached hydrogen (secondary N) is 1. The molecule has 0 aliphatic carbocycles. The van der Waals surface area contributed by atoms with E-state index in [0.717, 1.165) is 6.92 Å². The van der Waals surface area contributed by atoms with E-state index in [0.29, 0.717) is 22.0 Å². The zero-order valence-corrected chi connectivity index (χ0v) is 16.7. The van der Waals surface area contributed by atoms with Gasteiger partial charge >= 0.3 is 0 Å². The molecular weight excluding hydrogens is 351 g/mol. The minimum absolute atomic E-state index is 0.0112. The summed E-state index contributed by atoms with van der Waals surface area (Å²) in [7, 11) is 0. The number of aryl methyl sites for hydroxylation is 1. The Morgan fingerprint density at radius 3 is 2.26 bits per heavy atom. The van der Waals surface area contributed by atoms with E-state index in [2.05, 4.69) is 29.1 Å². The molecule has 27 heavy (non-hydrogen) atoms. The number of hydrogen-bond acceptors (Lipinski definition) is 3. The zero-order valence-electron chi connectivity index (χ0n) is 16.7. The third-order valence-electron chi connectivity index (χ3n) is 5.67. The monoisotopic (exact) mass is 381 g/mol. The summed E-state index contributed by atoms with van der Waals surface area (Å²) in [4.78, 5) is 7.86. The lowest BCUT2D eigenvalue weighted by Crippen LogP contribution is -2.35. The molecule has 0 saturated carbocycles. The lowest BCUT2D eigenvalue weighted by atomic mass is 9.75. The van der Waals surface area contributed by atoms with Crippen LogP contribution in [-0.4, -0.2) is 29.0 Å². The van der Waals surface area contributed by atoms with Crippen molar-refractivity contribution in [1.29, 1.82) is 0 Å². The molecule has 0 radical (unpaired) electrons. The normalized spacial score (nSPS) is 16.7. The molecule has 1 aromatic carbocycles. The summed E-state index contributed by atoms with van der Waals surface area (Å²) in [6, 6.07) is 2.57. The van der Waals surface area contributed by atoms with E-state index in [1.165, 1.54) is 57.2 Å². The first-order valence-electron chi connectivity index (χ1n) is 9.68. The first-order valence-corrected chi connectivity index (χ1v) is 9.68. The standard InChI is InChI=1S/C12H11F3N2.C9H19N/c1-7-9-3-8(5-12(2,14)15)10(13)4-11(9)17-6-16-7;1-3-9(4-2)5-7-10-8-6-9/h3-4,6H,5H2,1-2H3;10H,3-8H2,1-2H3. The highest BCUT2D eigenvalue weighted by Gasteiger charge is 2.27. The Labute approximate surface area is 159 Å². The average Bonchev–Trinajstić information content (AvgIpc) is 2.63. The Morgan fingerprint density at radius 1 is 1.11 bits per heavy atom. The summed E-state index contributed by atoms with van der Waals surface area (Å²) in [5.41, 5.74) is 1.77. The average molecular weight is 381 g/mol. The highest BCUT2D eigenvalue weighted by atomic mass is 19.3. The van der Waals surface area contributed by atoms with Crippen molar-refractivity contribution in [3.05, 3.63) is 35.5 Å². The van der Waals surface area contributed by atoms with Crippen molar-refractivity contribution in [2.45, 2.75) is 65.7 Å². The van der Waals surface area contributed by atoms with Crippen LogP contribution in [0.5, 0.6) is 0 Å². The summed E-state index contributed by atoms with van der Waals surface area (Å²) in [5.74, 6) is -3.59. The van der Waals surface area contributed by atoms with Crippen LogP contribution in [0.2, 0.25) is 0 Å². The van der Waals surface area contributed by atoms with Crippen molar-refractivity contribution in [3.8, 4) is 0 Å². The van der Waals surface area contributed by atoms with Gasteiger partial charge in [-0.15, -0.1) is 0 Å². The molecule has 1 saturated heterocycles. The fourth-order valence-electron chi connectivity index (χ4n) is 3.64. The van der Waals surface area contributed by atoms with Crippen molar-refractivity contribution in [1.82, 2.24) is 15.3 Å². The molecule has 1 N–H and O–H groups in total. The van der Waals surface area contributed by atoms with E-state index in [1.54, 1.807) is 6.92 Å². The molecule has 0 bridgehead atoms. The van der Waals surface area contributed by atoms with E-state index >= 15 is 0 Å². The number of piperidine rings is 1. The largest absolute Gasteiger partial charge is 0.317 e. The molecule has 1 fully saturated rings. The maximum Gasteiger partial charge on any atom is 0.249 e. The van der Waals surface area contributed by atoms with Crippen LogP contribution in [0.3, 0.4) is 0 Å². The lowest BCUT2D eigenvalue weighted by Gasteiger charge is -2.35. The van der Waals surface area contributed by atoms with Gasteiger partial charge in [0, 0.05) is 23.6 Å². The van der Waals surface area contributed by atoms with Gasteiger partial charge in [-0.2, -0.15) is 0 Å². The number of benzene rings is 1. The predicted molar refractivity (Wildman–Crippen MR) is 104 cm³/mol. The van der Waals surface area contributed by atoms with Gasteiger partial charge in [-0.3, -0.25) is 0 Å². The van der Waals surface area contributed by atoms with Crippen LogP contribution in [-0.2, 0) is 6.42 Å². The molecule has 1 aliphatic heterocycles. The summed E-state index contributed by atoms with van der Waals surface area (Å²) in [5, 5.41) is 4.01. The van der Waals surface area contributed by atoms with Crippen LogP contribution in [0, 0.1) is 18.2 Å². The molecule has 2 aromatic rings. The highest BCUT2D eigenvalue weighted by molar-refractivity contribution is 5.81. The number of aromatic nitrogens is 2. The van der Waals surface area contributed by atoms with Gasteiger partial charge < -0.3 is 5.32 Å². The van der Waals surface area contributed by atoms with Crippen molar-refractivity contribution in [2.24, 2.45) is 5.41 Å². The van der Waals surface area contributed by atoms with E-state index < -0.39 is 18.2 Å². The molecular formula is C21H30F3N3. The highest BCUT2D eigenvalue weighted by Crippen LogP contribution is 2.35. The van der Waals surface area contributed by atoms with Crippen molar-refractivity contribution >= 4 is 10.9 Å². The molecule has 0 amide bonds. The van der Waals surface area contributed by atoms with Crippen LogP contribution in [0.25, 0.3) is 10.9 Å². The predicted octanol–water partition coefficient (Wildman–Crippen LogP) is 5.45. The van der Waals surface area contributed by atoms with Crippen molar-refractivity contribution in [3.63, 3.8) is 0 Å². The van der Waals surface area contributed by atoms with Gasteiger partial charge in [0.2, 0.25) is 5.92 Å². The SMILES string of the molecule is CCC1(CC)CCNCC1.Cc1ncnc2cc(F)c(CC(C)(F)F)cc12. The van der Waals surface area contributed by atoms with Gasteiger partial charge in [0.05, 0.1) is 5.52 Å². The second-order valence-corrected chi connectivity index (χ2v) is 7.62. The minimum atomic E-state index is -2.93. The Bertz CT molecular complexity index is 744. The smallest absolute Gasteiger partial charge is 0.249 e. The number of nitrogens with zero attached hydrogens (tertiary/aromatic N) is 2. The second-order valence-electron chi connectivity index (χ2n) is 7.62. The molecule has 0 unspecified atom stereocenters. The molecule has 0 spiro atoms. The summed E-state index contributed by atoms with van der Waals surface area (Å²) in [6.45, 7) is 9.63. The molecule has 3 nitrogen and oxygen atoms in total. The third-order valence-corrected chi connectivity index (χ3v) is 5.67. The number of rotatable bonds is 4. The molecule has 3 rings (SSSR count). The van der Waals surface area contributed by atoms with Crippen molar-refractivity contribution in [2.75, 3.05) is 13.1 Å². The molecule has 0 atom stereocenters. The van der Waals surface area contributed by atoms with Gasteiger partial charge in [0.1, 0.15) is 12.1 Å². The van der Waals surface area contributed by atoms with Crippen molar-refractivity contribution < 1.29 is 13.2 Å². The van der Waals surface area contributed by atoms with Gasteiger partial charge in [-0.05, 0) is 56.8 Å². The Kier molecular flexibility index (Phi) is 7.20. The fourth-order valence-corrected chi connectivity index (χ4v) is 3.64. The number of halogens is 3. The van der Waals surface area contributed by atoms with E-state index in [9.17, 15) is 13.2 Å². The van der Waals surface area contributed by atoms with Gasteiger partial charge in [-0.25, -0.2) is 23.1 Å². The third kappa shape index (κ3) is 5.89. The quantitative estimate of drug-likeness (QED) is 0.765. The maximum absolute atomic E-state index is 13.6. The molecule has 6 heteroatoms. The Morgan fingerprint density at radius 2 is 1.74 bits per heavy atom. The first kappa shape index (κ1) is 21.6. The lowest BCUT2D eigenvalue weighted by molar-refractivity contribution is 0.0218. The van der Waals surface area contributed by atoms with Crippen LogP contribution >= 0.6 is 0 Å². The number of alkyl halides is 2. The topological polar surface area (TPSA) is 37.8 Å². The maximum atomic E-state index is 13.6. The summed E-state index contributed by atoms with van der Waals surface area (Å²) in [6.07, 6.45) is 6.21. The number of fused-ring (bicyclic) bond motifs is 1. The molecule has 2 heterocycles. The van der Waals surface area contributed by atoms with Crippen LogP contribution in [0.1, 0.15) is 57.7 Å². The Hall–Kier alpha value is -1.69. The van der Waals surface area contributed by atoms with Crippen LogP contribution < -0.4 is 5.32 Å². The van der Waals surface area contributed by atoms with Gasteiger partial charge in [0.15, 0.2) is 0 Å². The second kappa shape index (κ2) is 9.00. The van der Waals surface area contributed by atoms with E-state index in [4.69, 9.17) is 0 Å². The Balaban J connectivity index is 0.000000223. The van der Waals surface area contributed by atoms with Crippen LogP contribution in [0.4, 0.5) is 13.2 Å². The molecule has 1 aromatic heterocycles. The fraction of sp³-hybridized carbons (Fsp3) is 0.619. The van der Waals surface area contributed by atoms with Gasteiger partial charge in [0.25, 0.3) is 0 Å². The van der Waals surface area contributed by atoms with Gasteiger partial charge in [-0.1, -0.05) is 26.7 Å². The summed E-state index contributed by atoms with van der Waals surface area (Å²) >= 11 is 0. The minimum Gasteiger partial charge on any atom is -0.317 e. The molecule has 1 aliphatic rings. The van der Waals surface area contributed by atoms with Crippen LogP contribution in [0.15, 0.2) is 18.5 Å². The zero-order chi connectivity index (χ0) is 20.1. The summed E-state index contributed by atoms with van der Waals surface area (Å²) < 4.78 is 39.4. The first-order chi connectivity index (χ1) is 12.7.